The Morgan fingerprint density at radius 3 is 2.37 bits per heavy atom. The van der Waals surface area contributed by atoms with Crippen LogP contribution in [0.15, 0.2) is 24.3 Å². The summed E-state index contributed by atoms with van der Waals surface area (Å²) in [7, 11) is 0. The monoisotopic (exact) mass is 496 g/mol. The van der Waals surface area contributed by atoms with Gasteiger partial charge in [-0.1, -0.05) is 19.9 Å². The number of rotatable bonds is 5. The van der Waals surface area contributed by atoms with E-state index in [4.69, 9.17) is 31.7 Å². The van der Waals surface area contributed by atoms with Crippen molar-refractivity contribution in [2.45, 2.75) is 46.1 Å². The Morgan fingerprint density at radius 1 is 0.943 bits per heavy atom. The maximum atomic E-state index is 5.69. The van der Waals surface area contributed by atoms with Crippen LogP contribution in [-0.4, -0.2) is 54.5 Å². The van der Waals surface area contributed by atoms with Crippen molar-refractivity contribution in [1.29, 1.82) is 0 Å². The number of nitrogens with one attached hydrogen (secondary N) is 2. The van der Waals surface area contributed by atoms with E-state index in [1.165, 1.54) is 25.7 Å². The number of nitrogens with zero attached hydrogens (tertiary/aromatic N) is 4. The van der Waals surface area contributed by atoms with Gasteiger partial charge in [0.2, 0.25) is 5.95 Å². The van der Waals surface area contributed by atoms with Crippen molar-refractivity contribution in [3.8, 4) is 11.5 Å². The van der Waals surface area contributed by atoms with Crippen molar-refractivity contribution >= 4 is 34.9 Å². The topological polar surface area (TPSA) is 74.8 Å². The summed E-state index contributed by atoms with van der Waals surface area (Å²) in [5, 5.41) is 7.03. The van der Waals surface area contributed by atoms with Crippen LogP contribution < -0.4 is 29.9 Å². The maximum Gasteiger partial charge on any atom is 0.232 e. The van der Waals surface area contributed by atoms with Gasteiger partial charge in [-0.15, -0.1) is 0 Å². The highest BCUT2D eigenvalue weighted by atomic mass is 32.1. The third-order valence-corrected chi connectivity index (χ3v) is 7.10. The molecule has 3 aliphatic heterocycles. The fraction of sp³-hybridized carbons (Fsp3) is 0.577. The number of anilines is 3. The second-order valence-electron chi connectivity index (χ2n) is 10.1. The predicted octanol–water partition coefficient (Wildman–Crippen LogP) is 4.21. The van der Waals surface area contributed by atoms with E-state index in [0.29, 0.717) is 42.7 Å². The number of benzene rings is 1. The lowest BCUT2D eigenvalue weighted by Crippen LogP contribution is -2.40. The first-order chi connectivity index (χ1) is 17.0. The van der Waals surface area contributed by atoms with Crippen molar-refractivity contribution in [3.63, 3.8) is 0 Å². The summed E-state index contributed by atoms with van der Waals surface area (Å²) in [5.41, 5.74) is 1.07. The van der Waals surface area contributed by atoms with Gasteiger partial charge in [-0.3, -0.25) is 0 Å². The Hall–Kier alpha value is -2.81. The van der Waals surface area contributed by atoms with E-state index < -0.39 is 0 Å². The molecule has 0 unspecified atom stereocenters. The van der Waals surface area contributed by atoms with Crippen molar-refractivity contribution in [2.75, 3.05) is 54.5 Å². The predicted molar refractivity (Wildman–Crippen MR) is 144 cm³/mol. The zero-order valence-corrected chi connectivity index (χ0v) is 21.6. The average molecular weight is 497 g/mol. The summed E-state index contributed by atoms with van der Waals surface area (Å²) in [6.45, 7) is 10.5. The SMILES string of the molecule is C[C@@H]1C[C@H](C)CN(c2cc(N3CCCCC3)nc(NC(=S)NCc3ccc4c(c3)OCCO4)n2)C1. The molecule has 9 heteroatoms. The molecule has 0 spiro atoms. The molecule has 5 rings (SSSR count). The molecule has 0 bridgehead atoms. The summed E-state index contributed by atoms with van der Waals surface area (Å²) < 4.78 is 11.3. The van der Waals surface area contributed by atoms with Crippen LogP contribution in [-0.2, 0) is 6.54 Å². The van der Waals surface area contributed by atoms with E-state index in [9.17, 15) is 0 Å². The van der Waals surface area contributed by atoms with Gasteiger partial charge in [0.25, 0.3) is 0 Å². The molecule has 0 amide bonds. The Morgan fingerprint density at radius 2 is 1.63 bits per heavy atom. The van der Waals surface area contributed by atoms with Gasteiger partial charge in [0.1, 0.15) is 24.8 Å². The molecule has 2 N–H and O–H groups in total. The summed E-state index contributed by atoms with van der Waals surface area (Å²) >= 11 is 5.61. The minimum Gasteiger partial charge on any atom is -0.486 e. The van der Waals surface area contributed by atoms with Crippen LogP contribution in [0, 0.1) is 11.8 Å². The van der Waals surface area contributed by atoms with E-state index in [0.717, 1.165) is 54.9 Å². The minimum atomic E-state index is 0.502. The number of thiocarbonyl (C=S) groups is 1. The van der Waals surface area contributed by atoms with E-state index in [1.807, 2.05) is 18.2 Å². The Labute approximate surface area is 213 Å². The Bertz CT molecular complexity index is 1030. The highest BCUT2D eigenvalue weighted by Crippen LogP contribution is 2.31. The van der Waals surface area contributed by atoms with Crippen molar-refractivity contribution in [3.05, 3.63) is 29.8 Å². The van der Waals surface area contributed by atoms with Crippen LogP contribution in [0.25, 0.3) is 0 Å². The highest BCUT2D eigenvalue weighted by Gasteiger charge is 2.25. The zero-order valence-electron chi connectivity index (χ0n) is 20.8. The molecule has 1 aromatic heterocycles. The first kappa shape index (κ1) is 23.9. The molecule has 2 atom stereocenters. The van der Waals surface area contributed by atoms with Gasteiger partial charge in [-0.2, -0.15) is 9.97 Å². The number of ether oxygens (including phenoxy) is 2. The first-order valence-corrected chi connectivity index (χ1v) is 13.3. The maximum absolute atomic E-state index is 5.69. The van der Waals surface area contributed by atoms with Crippen molar-refractivity contribution in [2.24, 2.45) is 11.8 Å². The Kier molecular flexibility index (Phi) is 7.41. The van der Waals surface area contributed by atoms with Crippen LogP contribution >= 0.6 is 12.2 Å². The lowest BCUT2D eigenvalue weighted by Gasteiger charge is -2.36. The molecule has 0 saturated carbocycles. The molecule has 8 nitrogen and oxygen atoms in total. The third-order valence-electron chi connectivity index (χ3n) is 6.86. The summed E-state index contributed by atoms with van der Waals surface area (Å²) in [5.74, 6) is 5.39. The quantitative estimate of drug-likeness (QED) is 0.592. The molecular formula is C26H36N6O2S. The first-order valence-electron chi connectivity index (χ1n) is 12.9. The number of fused-ring (bicyclic) bond motifs is 1. The summed E-state index contributed by atoms with van der Waals surface area (Å²) in [6.07, 6.45) is 4.96. The standard InChI is InChI=1S/C26H36N6O2S/c1-18-12-19(2)17-32(16-18)24-14-23(31-8-4-3-5-9-31)28-25(29-24)30-26(35)27-15-20-6-7-21-22(13-20)34-11-10-33-21/h6-7,13-14,18-19H,3-5,8-12,15-17H2,1-2H3,(H2,27,28,29,30,35)/t18-,19+. The number of hydrogen-bond donors (Lipinski definition) is 2. The molecule has 0 aliphatic carbocycles. The van der Waals surface area contributed by atoms with Gasteiger partial charge in [0, 0.05) is 38.8 Å². The fourth-order valence-corrected chi connectivity index (χ4v) is 5.46. The average Bonchev–Trinajstić information content (AvgIpc) is 2.87. The van der Waals surface area contributed by atoms with Gasteiger partial charge >= 0.3 is 0 Å². The van der Waals surface area contributed by atoms with Crippen LogP contribution in [0.3, 0.4) is 0 Å². The summed E-state index contributed by atoms with van der Waals surface area (Å²) in [4.78, 5) is 14.5. The van der Waals surface area contributed by atoms with Crippen molar-refractivity contribution in [1.82, 2.24) is 15.3 Å². The fourth-order valence-electron chi connectivity index (χ4n) is 5.30. The summed E-state index contributed by atoms with van der Waals surface area (Å²) in [6, 6.07) is 8.12. The highest BCUT2D eigenvalue weighted by molar-refractivity contribution is 7.80. The van der Waals surface area contributed by atoms with E-state index >= 15 is 0 Å². The number of aromatic nitrogens is 2. The van der Waals surface area contributed by atoms with Gasteiger partial charge in [0.05, 0.1) is 0 Å². The lowest BCUT2D eigenvalue weighted by atomic mass is 9.92. The van der Waals surface area contributed by atoms with E-state index in [1.54, 1.807) is 0 Å². The molecule has 188 valence electrons. The molecule has 4 heterocycles. The molecule has 0 radical (unpaired) electrons. The van der Waals surface area contributed by atoms with E-state index in [-0.39, 0.29) is 0 Å². The molecule has 1 aromatic carbocycles. The molecule has 2 fully saturated rings. The second kappa shape index (κ2) is 10.8. The van der Waals surface area contributed by atoms with Gasteiger partial charge in [-0.25, -0.2) is 0 Å². The molecule has 2 saturated heterocycles. The number of piperidine rings is 2. The minimum absolute atomic E-state index is 0.502. The normalized spacial score (nSPS) is 22.0. The van der Waals surface area contributed by atoms with E-state index in [2.05, 4.69) is 40.3 Å². The molecule has 35 heavy (non-hydrogen) atoms. The lowest BCUT2D eigenvalue weighted by molar-refractivity contribution is 0.171. The largest absolute Gasteiger partial charge is 0.486 e. The third kappa shape index (κ3) is 6.07. The van der Waals surface area contributed by atoms with Gasteiger partial charge < -0.3 is 29.9 Å². The smallest absolute Gasteiger partial charge is 0.232 e. The number of hydrogen-bond acceptors (Lipinski definition) is 7. The van der Waals surface area contributed by atoms with Gasteiger partial charge in [-0.05, 0) is 67.4 Å². The Balaban J connectivity index is 1.29. The zero-order chi connectivity index (χ0) is 24.2. The van der Waals surface area contributed by atoms with Crippen molar-refractivity contribution < 1.29 is 9.47 Å². The van der Waals surface area contributed by atoms with Crippen LogP contribution in [0.1, 0.15) is 45.1 Å². The van der Waals surface area contributed by atoms with Crippen LogP contribution in [0.4, 0.5) is 17.6 Å². The second-order valence-corrected chi connectivity index (χ2v) is 10.5. The molecular weight excluding hydrogens is 460 g/mol. The molecule has 3 aliphatic rings. The van der Waals surface area contributed by atoms with Crippen LogP contribution in [0.2, 0.25) is 0 Å². The van der Waals surface area contributed by atoms with Crippen LogP contribution in [0.5, 0.6) is 11.5 Å². The van der Waals surface area contributed by atoms with Gasteiger partial charge in [0.15, 0.2) is 16.6 Å². The molecule has 2 aromatic rings.